The van der Waals surface area contributed by atoms with E-state index in [0.29, 0.717) is 18.8 Å². The second kappa shape index (κ2) is 4.88. The van der Waals surface area contributed by atoms with Gasteiger partial charge in [-0.25, -0.2) is 5.92 Å². The van der Waals surface area contributed by atoms with Crippen molar-refractivity contribution in [3.63, 3.8) is 0 Å². The Kier molecular flexibility index (Phi) is 4.94. The molecule has 0 amide bonds. The smallest absolute Gasteiger partial charge is 0.491 e. The van der Waals surface area contributed by atoms with E-state index in [1.807, 2.05) is 0 Å². The predicted octanol–water partition coefficient (Wildman–Crippen LogP) is 0.484. The van der Waals surface area contributed by atoms with Gasteiger partial charge in [0.05, 0.1) is 7.11 Å². The van der Waals surface area contributed by atoms with Crippen LogP contribution in [0.25, 0.3) is 0 Å². The summed E-state index contributed by atoms with van der Waals surface area (Å²) in [6, 6.07) is 0. The summed E-state index contributed by atoms with van der Waals surface area (Å²) in [6.07, 6.45) is 1.89. The van der Waals surface area contributed by atoms with Crippen LogP contribution in [0.5, 0.6) is 0 Å². The Balaban J connectivity index is 0.000001000. The van der Waals surface area contributed by atoms with Crippen LogP contribution in [0.1, 0.15) is 19.3 Å². The van der Waals surface area contributed by atoms with Gasteiger partial charge in [0.25, 0.3) is 0 Å². The van der Waals surface area contributed by atoms with Crippen LogP contribution in [0, 0.1) is 5.92 Å². The summed E-state index contributed by atoms with van der Waals surface area (Å²) in [7, 11) is 1.29. The molecule has 0 spiro atoms. The second-order valence-corrected chi connectivity index (χ2v) is 2.25. The average molecular weight is 230 g/mol. The average Bonchev–Trinajstić information content (AvgIpc) is 2.34. The van der Waals surface area contributed by atoms with E-state index in [4.69, 9.17) is 0 Å². The topological polar surface area (TPSA) is 43.4 Å². The second-order valence-electron chi connectivity index (χ2n) is 2.25. The van der Waals surface area contributed by atoms with Crippen molar-refractivity contribution in [2.75, 3.05) is 7.11 Å². The number of Topliss-reactive ketones (excluding diaryl/α,β-unsaturated/α-hetero) is 1. The number of hydrogen-bond donors (Lipinski definition) is 0. The summed E-state index contributed by atoms with van der Waals surface area (Å²) in [5.41, 5.74) is 0. The molecule has 1 aliphatic rings. The van der Waals surface area contributed by atoms with Crippen LogP contribution in [-0.4, -0.2) is 18.9 Å². The van der Waals surface area contributed by atoms with Gasteiger partial charge in [0, 0.05) is 5.78 Å². The van der Waals surface area contributed by atoms with Crippen LogP contribution in [-0.2, 0) is 47.0 Å². The van der Waals surface area contributed by atoms with Crippen LogP contribution in [0.2, 0.25) is 0 Å². The van der Waals surface area contributed by atoms with E-state index in [1.54, 1.807) is 0 Å². The number of esters is 1. The first kappa shape index (κ1) is 11.1. The summed E-state index contributed by atoms with van der Waals surface area (Å²) < 4.78 is 4.41. The van der Waals surface area contributed by atoms with Crippen molar-refractivity contribution in [2.45, 2.75) is 19.3 Å². The molecule has 0 aromatic carbocycles. The molecule has 0 saturated heterocycles. The molecule has 0 aliphatic heterocycles. The standard InChI is InChI=1S/C7H9O3.Y/c1-10-7(9)5-3-2-4-6(5)8;/h2-4H2,1H3;/q-1;+3. The van der Waals surface area contributed by atoms with Crippen LogP contribution in [0.3, 0.4) is 0 Å². The number of carbonyl (C=O) groups excluding carboxylic acids is 2. The van der Waals surface area contributed by atoms with Gasteiger partial charge in [-0.2, -0.15) is 0 Å². The Labute approximate surface area is 90.7 Å². The minimum absolute atomic E-state index is 0. The molecule has 11 heavy (non-hydrogen) atoms. The maximum absolute atomic E-state index is 10.8. The van der Waals surface area contributed by atoms with Gasteiger partial charge in [-0.15, -0.1) is 6.42 Å². The van der Waals surface area contributed by atoms with Crippen LogP contribution < -0.4 is 0 Å². The Morgan fingerprint density at radius 3 is 2.64 bits per heavy atom. The molecule has 1 aliphatic carbocycles. The molecule has 3 nitrogen and oxygen atoms in total. The SMILES string of the molecule is COC(=O)[C-]1CCCC1=O.[Y+3]. The summed E-state index contributed by atoms with van der Waals surface area (Å²) in [5, 5.41) is 0. The largest absolute Gasteiger partial charge is 3.00 e. The van der Waals surface area contributed by atoms with Crippen molar-refractivity contribution in [1.82, 2.24) is 0 Å². The molecule has 0 bridgehead atoms. The maximum Gasteiger partial charge on any atom is 3.00 e. The molecule has 0 aromatic heterocycles. The summed E-state index contributed by atoms with van der Waals surface area (Å²) >= 11 is 0. The van der Waals surface area contributed by atoms with Crippen molar-refractivity contribution in [1.29, 1.82) is 0 Å². The van der Waals surface area contributed by atoms with Crippen molar-refractivity contribution >= 4 is 11.8 Å². The Hall–Kier alpha value is 0.114. The van der Waals surface area contributed by atoms with E-state index in [1.165, 1.54) is 7.11 Å². The Bertz CT molecular complexity index is 167. The van der Waals surface area contributed by atoms with Gasteiger partial charge in [0.2, 0.25) is 0 Å². The first-order chi connectivity index (χ1) is 4.75. The van der Waals surface area contributed by atoms with Gasteiger partial charge in [0.1, 0.15) is 0 Å². The van der Waals surface area contributed by atoms with E-state index in [0.717, 1.165) is 6.42 Å². The summed E-state index contributed by atoms with van der Waals surface area (Å²) in [6.45, 7) is 0. The molecule has 0 radical (unpaired) electrons. The van der Waals surface area contributed by atoms with Gasteiger partial charge >= 0.3 is 32.7 Å². The molecular formula is C7H9O3Y+2. The van der Waals surface area contributed by atoms with Crippen molar-refractivity contribution < 1.29 is 47.0 Å². The number of carbonyl (C=O) groups is 2. The third-order valence-corrected chi connectivity index (χ3v) is 1.60. The predicted molar refractivity (Wildman–Crippen MR) is 34.1 cm³/mol. The van der Waals surface area contributed by atoms with Crippen molar-refractivity contribution in [2.24, 2.45) is 0 Å². The summed E-state index contributed by atoms with van der Waals surface area (Å²) in [4.78, 5) is 21.6. The van der Waals surface area contributed by atoms with Gasteiger partial charge in [-0.05, 0) is 6.42 Å². The quantitative estimate of drug-likeness (QED) is 0.486. The fourth-order valence-electron chi connectivity index (χ4n) is 1.06. The molecule has 1 rings (SSSR count). The van der Waals surface area contributed by atoms with E-state index < -0.39 is 5.97 Å². The Morgan fingerprint density at radius 2 is 2.27 bits per heavy atom. The van der Waals surface area contributed by atoms with Crippen molar-refractivity contribution in [3.8, 4) is 0 Å². The fourth-order valence-corrected chi connectivity index (χ4v) is 1.06. The molecule has 56 valence electrons. The minimum atomic E-state index is -0.456. The molecule has 0 aromatic rings. The number of ether oxygens (including phenoxy) is 1. The summed E-state index contributed by atoms with van der Waals surface area (Å²) in [5.74, 6) is -0.170. The monoisotopic (exact) mass is 230 g/mol. The first-order valence-electron chi connectivity index (χ1n) is 3.23. The molecule has 0 heterocycles. The normalized spacial score (nSPS) is 16.1. The van der Waals surface area contributed by atoms with E-state index in [9.17, 15) is 9.59 Å². The zero-order chi connectivity index (χ0) is 7.56. The number of rotatable bonds is 1. The van der Waals surface area contributed by atoms with E-state index in [-0.39, 0.29) is 38.5 Å². The molecular weight excluding hydrogens is 221 g/mol. The van der Waals surface area contributed by atoms with E-state index >= 15 is 0 Å². The molecule has 1 saturated carbocycles. The number of methoxy groups -OCH3 is 1. The molecule has 0 N–H and O–H groups in total. The molecule has 0 unspecified atom stereocenters. The number of ketones is 1. The number of hydrogen-bond acceptors (Lipinski definition) is 3. The van der Waals surface area contributed by atoms with Crippen molar-refractivity contribution in [3.05, 3.63) is 5.92 Å². The molecule has 4 heteroatoms. The van der Waals surface area contributed by atoms with Crippen LogP contribution in [0.4, 0.5) is 0 Å². The molecule has 0 atom stereocenters. The van der Waals surface area contributed by atoms with E-state index in [2.05, 4.69) is 4.74 Å². The third kappa shape index (κ3) is 2.56. The maximum atomic E-state index is 10.8. The minimum Gasteiger partial charge on any atom is -0.491 e. The van der Waals surface area contributed by atoms with Gasteiger partial charge in [0.15, 0.2) is 5.97 Å². The Morgan fingerprint density at radius 1 is 1.64 bits per heavy atom. The first-order valence-corrected chi connectivity index (χ1v) is 3.23. The third-order valence-electron chi connectivity index (χ3n) is 1.60. The van der Waals surface area contributed by atoms with Gasteiger partial charge < -0.3 is 9.53 Å². The molecule has 1 fully saturated rings. The van der Waals surface area contributed by atoms with Crippen LogP contribution in [0.15, 0.2) is 0 Å². The fraction of sp³-hybridized carbons (Fsp3) is 0.571. The van der Waals surface area contributed by atoms with Gasteiger partial charge in [-0.3, -0.25) is 4.79 Å². The zero-order valence-electron chi connectivity index (χ0n) is 6.42. The zero-order valence-corrected chi connectivity index (χ0v) is 9.26. The van der Waals surface area contributed by atoms with Crippen LogP contribution >= 0.6 is 0 Å². The van der Waals surface area contributed by atoms with Gasteiger partial charge in [-0.1, -0.05) is 6.42 Å².